The van der Waals surface area contributed by atoms with Crippen molar-refractivity contribution in [2.75, 3.05) is 0 Å². The number of hydrogen-bond donors (Lipinski definition) is 1. The largest absolute Gasteiger partial charge is 0.481 e. The van der Waals surface area contributed by atoms with Crippen LogP contribution in [0.15, 0.2) is 22.7 Å². The minimum atomic E-state index is -1.37. The first-order valence-corrected chi connectivity index (χ1v) is 5.06. The number of esters is 1. The van der Waals surface area contributed by atoms with Crippen LogP contribution in [0.4, 0.5) is 5.69 Å². The first kappa shape index (κ1) is 13.1. The SMILES string of the molecule is O=C(O)CC(=O)Oc1cc(Br)ccc1[N+](=O)[O-]. The van der Waals surface area contributed by atoms with Gasteiger partial charge >= 0.3 is 17.6 Å². The van der Waals surface area contributed by atoms with Crippen molar-refractivity contribution in [3.05, 3.63) is 32.8 Å². The molecular weight excluding hydrogens is 298 g/mol. The summed E-state index contributed by atoms with van der Waals surface area (Å²) in [5.41, 5.74) is -0.410. The van der Waals surface area contributed by atoms with Gasteiger partial charge in [-0.25, -0.2) is 0 Å². The smallest absolute Gasteiger partial charge is 0.322 e. The third-order valence-corrected chi connectivity index (χ3v) is 2.13. The monoisotopic (exact) mass is 303 g/mol. The van der Waals surface area contributed by atoms with Crippen molar-refractivity contribution in [3.8, 4) is 5.75 Å². The molecule has 1 rings (SSSR count). The van der Waals surface area contributed by atoms with Crippen molar-refractivity contribution >= 4 is 33.6 Å². The number of carboxylic acid groups (broad SMARTS) is 1. The lowest BCUT2D eigenvalue weighted by Crippen LogP contribution is -2.14. The standard InChI is InChI=1S/C9H6BrNO6/c10-5-1-2-6(11(15)16)7(3-5)17-9(14)4-8(12)13/h1-3H,4H2,(H,12,13). The van der Waals surface area contributed by atoms with E-state index in [9.17, 15) is 19.7 Å². The Kier molecular flexibility index (Phi) is 4.16. The zero-order valence-corrected chi connectivity index (χ0v) is 9.84. The predicted octanol–water partition coefficient (Wildman–Crippen LogP) is 1.74. The van der Waals surface area contributed by atoms with E-state index in [0.717, 1.165) is 6.07 Å². The number of nitro groups is 1. The third kappa shape index (κ3) is 3.83. The van der Waals surface area contributed by atoms with Gasteiger partial charge in [-0.05, 0) is 6.07 Å². The molecule has 0 saturated heterocycles. The highest BCUT2D eigenvalue weighted by Gasteiger charge is 2.19. The van der Waals surface area contributed by atoms with Gasteiger partial charge in [0.1, 0.15) is 6.42 Å². The van der Waals surface area contributed by atoms with E-state index in [0.29, 0.717) is 4.47 Å². The van der Waals surface area contributed by atoms with Crippen LogP contribution in [0, 0.1) is 10.1 Å². The molecule has 0 heterocycles. The average Bonchev–Trinajstić information content (AvgIpc) is 2.15. The molecule has 8 heteroatoms. The molecule has 17 heavy (non-hydrogen) atoms. The van der Waals surface area contributed by atoms with Gasteiger partial charge in [0.25, 0.3) is 0 Å². The summed E-state index contributed by atoms with van der Waals surface area (Å²) in [6, 6.07) is 3.78. The molecule has 0 bridgehead atoms. The highest BCUT2D eigenvalue weighted by Crippen LogP contribution is 2.30. The molecule has 0 fully saturated rings. The Morgan fingerprint density at radius 3 is 2.65 bits per heavy atom. The molecule has 1 N–H and O–H groups in total. The summed E-state index contributed by atoms with van der Waals surface area (Å²) >= 11 is 3.06. The fourth-order valence-corrected chi connectivity index (χ4v) is 1.34. The Morgan fingerprint density at radius 2 is 2.12 bits per heavy atom. The van der Waals surface area contributed by atoms with E-state index < -0.39 is 29.0 Å². The highest BCUT2D eigenvalue weighted by atomic mass is 79.9. The lowest BCUT2D eigenvalue weighted by molar-refractivity contribution is -0.385. The van der Waals surface area contributed by atoms with E-state index in [1.165, 1.54) is 12.1 Å². The number of nitrogens with zero attached hydrogens (tertiary/aromatic N) is 1. The summed E-state index contributed by atoms with van der Waals surface area (Å²) in [5.74, 6) is -2.73. The number of aliphatic carboxylic acids is 1. The minimum Gasteiger partial charge on any atom is -0.481 e. The number of halogens is 1. The summed E-state index contributed by atoms with van der Waals surface area (Å²) < 4.78 is 5.08. The van der Waals surface area contributed by atoms with Gasteiger partial charge in [0.05, 0.1) is 4.92 Å². The van der Waals surface area contributed by atoms with Crippen molar-refractivity contribution in [2.45, 2.75) is 6.42 Å². The van der Waals surface area contributed by atoms with Crippen LogP contribution in [-0.4, -0.2) is 22.0 Å². The quantitative estimate of drug-likeness (QED) is 0.298. The molecule has 7 nitrogen and oxygen atoms in total. The molecule has 0 spiro atoms. The number of nitro benzene ring substituents is 1. The molecule has 0 atom stereocenters. The summed E-state index contributed by atoms with van der Waals surface area (Å²) in [5, 5.41) is 19.0. The van der Waals surface area contributed by atoms with E-state index in [4.69, 9.17) is 5.11 Å². The van der Waals surface area contributed by atoms with Crippen molar-refractivity contribution in [3.63, 3.8) is 0 Å². The zero-order chi connectivity index (χ0) is 13.0. The first-order valence-electron chi connectivity index (χ1n) is 4.26. The maximum atomic E-state index is 11.1. The van der Waals surface area contributed by atoms with Gasteiger partial charge in [0.2, 0.25) is 5.75 Å². The maximum absolute atomic E-state index is 11.1. The number of ether oxygens (including phenoxy) is 1. The van der Waals surface area contributed by atoms with Gasteiger partial charge in [0.15, 0.2) is 0 Å². The van der Waals surface area contributed by atoms with Gasteiger partial charge < -0.3 is 9.84 Å². The van der Waals surface area contributed by atoms with E-state index >= 15 is 0 Å². The van der Waals surface area contributed by atoms with Crippen LogP contribution in [-0.2, 0) is 9.59 Å². The molecule has 1 aromatic carbocycles. The molecule has 0 unspecified atom stereocenters. The van der Waals surface area contributed by atoms with Crippen LogP contribution in [0.1, 0.15) is 6.42 Å². The Bertz CT molecular complexity index is 486. The molecule has 0 aliphatic carbocycles. The number of carbonyl (C=O) groups excluding carboxylic acids is 1. The molecule has 0 radical (unpaired) electrons. The second kappa shape index (κ2) is 5.39. The fourth-order valence-electron chi connectivity index (χ4n) is 1.00. The van der Waals surface area contributed by atoms with Crippen molar-refractivity contribution in [2.24, 2.45) is 0 Å². The summed E-state index contributed by atoms with van der Waals surface area (Å²) in [6.07, 6.45) is -0.857. The average molecular weight is 304 g/mol. The van der Waals surface area contributed by atoms with E-state index in [2.05, 4.69) is 20.7 Å². The molecule has 0 aliphatic rings. The number of rotatable bonds is 4. The molecule has 0 saturated carbocycles. The molecular formula is C9H6BrNO6. The topological polar surface area (TPSA) is 107 Å². The second-order valence-corrected chi connectivity index (χ2v) is 3.83. The minimum absolute atomic E-state index is 0.296. The lowest BCUT2D eigenvalue weighted by atomic mass is 10.3. The Labute approximate surface area is 103 Å². The van der Waals surface area contributed by atoms with E-state index in [1.54, 1.807) is 0 Å². The Balaban J connectivity index is 2.96. The zero-order valence-electron chi connectivity index (χ0n) is 8.25. The van der Waals surface area contributed by atoms with Gasteiger partial charge in [-0.3, -0.25) is 19.7 Å². The maximum Gasteiger partial charge on any atom is 0.322 e. The Morgan fingerprint density at radius 1 is 1.47 bits per heavy atom. The molecule has 90 valence electrons. The first-order chi connectivity index (χ1) is 7.90. The summed E-state index contributed by atoms with van der Waals surface area (Å²) in [7, 11) is 0. The lowest BCUT2D eigenvalue weighted by Gasteiger charge is -2.03. The van der Waals surface area contributed by atoms with E-state index in [1.807, 2.05) is 0 Å². The molecule has 1 aromatic rings. The van der Waals surface area contributed by atoms with Crippen LogP contribution in [0.5, 0.6) is 5.75 Å². The summed E-state index contributed by atoms with van der Waals surface area (Å²) in [6.45, 7) is 0. The fraction of sp³-hybridized carbons (Fsp3) is 0.111. The van der Waals surface area contributed by atoms with Crippen LogP contribution in [0.3, 0.4) is 0 Å². The van der Waals surface area contributed by atoms with E-state index in [-0.39, 0.29) is 5.75 Å². The van der Waals surface area contributed by atoms with Gasteiger partial charge in [-0.2, -0.15) is 0 Å². The Hall–Kier alpha value is -1.96. The van der Waals surface area contributed by atoms with Crippen LogP contribution in [0.25, 0.3) is 0 Å². The molecule has 0 aromatic heterocycles. The van der Waals surface area contributed by atoms with Crippen molar-refractivity contribution in [1.29, 1.82) is 0 Å². The van der Waals surface area contributed by atoms with Gasteiger partial charge in [0, 0.05) is 16.6 Å². The number of carbonyl (C=O) groups is 2. The van der Waals surface area contributed by atoms with Crippen LogP contribution >= 0.6 is 15.9 Å². The second-order valence-electron chi connectivity index (χ2n) is 2.91. The predicted molar refractivity (Wildman–Crippen MR) is 58.7 cm³/mol. The van der Waals surface area contributed by atoms with Crippen LogP contribution < -0.4 is 4.74 Å². The van der Waals surface area contributed by atoms with Crippen molar-refractivity contribution < 1.29 is 24.4 Å². The number of carboxylic acids is 1. The van der Waals surface area contributed by atoms with Crippen LogP contribution in [0.2, 0.25) is 0 Å². The van der Waals surface area contributed by atoms with Crippen molar-refractivity contribution in [1.82, 2.24) is 0 Å². The third-order valence-electron chi connectivity index (χ3n) is 1.64. The normalized spacial score (nSPS) is 9.71. The molecule has 0 aliphatic heterocycles. The van der Waals surface area contributed by atoms with Gasteiger partial charge in [-0.1, -0.05) is 15.9 Å². The number of hydrogen-bond acceptors (Lipinski definition) is 5. The molecule has 0 amide bonds. The highest BCUT2D eigenvalue weighted by molar-refractivity contribution is 9.10. The summed E-state index contributed by atoms with van der Waals surface area (Å²) in [4.78, 5) is 31.2. The van der Waals surface area contributed by atoms with Gasteiger partial charge in [-0.15, -0.1) is 0 Å². The number of benzene rings is 1.